The predicted octanol–water partition coefficient (Wildman–Crippen LogP) is 3.98. The van der Waals surface area contributed by atoms with Gasteiger partial charge in [0.05, 0.1) is 11.6 Å². The van der Waals surface area contributed by atoms with E-state index in [1.807, 2.05) is 37.3 Å². The second-order valence-electron chi connectivity index (χ2n) is 7.51. The van der Waals surface area contributed by atoms with Crippen molar-refractivity contribution < 1.29 is 18.7 Å². The summed E-state index contributed by atoms with van der Waals surface area (Å²) in [4.78, 5) is 43.8. The molecule has 174 valence electrons. The van der Waals surface area contributed by atoms with Gasteiger partial charge in [-0.25, -0.2) is 9.37 Å². The molecule has 0 bridgehead atoms. The number of aryl methyl sites for hydroxylation is 1. The standard InChI is InChI=1S/C24H19ClFN3O4S/c1-14-12-29-23(32)21(33-13-15-5-3-2-4-6-15)20(28-24(29)34-14)22(31)27-11-17(30)9-16-7-8-18(25)19(26)10-16/h2-8,10,12H,9,11,13H2,1H3,(H,27,31). The highest BCUT2D eigenvalue weighted by atomic mass is 35.5. The molecule has 0 saturated carbocycles. The summed E-state index contributed by atoms with van der Waals surface area (Å²) in [6, 6.07) is 13.3. The Morgan fingerprint density at radius 2 is 1.94 bits per heavy atom. The molecule has 7 nitrogen and oxygen atoms in total. The summed E-state index contributed by atoms with van der Waals surface area (Å²) in [5, 5.41) is 2.45. The Bertz CT molecular complexity index is 1440. The van der Waals surface area contributed by atoms with E-state index in [2.05, 4.69) is 10.3 Å². The van der Waals surface area contributed by atoms with Crippen LogP contribution in [0.3, 0.4) is 0 Å². The van der Waals surface area contributed by atoms with Crippen molar-refractivity contribution in [2.24, 2.45) is 0 Å². The molecular weight excluding hydrogens is 481 g/mol. The number of amides is 1. The second-order valence-corrected chi connectivity index (χ2v) is 9.13. The summed E-state index contributed by atoms with van der Waals surface area (Å²) < 4.78 is 20.7. The van der Waals surface area contributed by atoms with Crippen LogP contribution in [0.4, 0.5) is 4.39 Å². The number of nitrogens with one attached hydrogen (secondary N) is 1. The van der Waals surface area contributed by atoms with Gasteiger partial charge in [-0.3, -0.25) is 18.8 Å². The Balaban J connectivity index is 1.53. The van der Waals surface area contributed by atoms with Crippen LogP contribution in [0.1, 0.15) is 26.5 Å². The molecule has 4 rings (SSSR count). The summed E-state index contributed by atoms with van der Waals surface area (Å²) >= 11 is 6.91. The SMILES string of the molecule is Cc1cn2c(=O)c(OCc3ccccc3)c(C(=O)NCC(=O)Cc3ccc(Cl)c(F)c3)nc2s1. The molecule has 0 aliphatic carbocycles. The van der Waals surface area contributed by atoms with Gasteiger partial charge in [0.25, 0.3) is 5.91 Å². The van der Waals surface area contributed by atoms with Gasteiger partial charge in [-0.05, 0) is 30.2 Å². The fourth-order valence-corrected chi connectivity index (χ4v) is 4.19. The van der Waals surface area contributed by atoms with Gasteiger partial charge < -0.3 is 10.1 Å². The Hall–Kier alpha value is -3.56. The first-order valence-corrected chi connectivity index (χ1v) is 11.4. The maximum atomic E-state index is 13.6. The van der Waals surface area contributed by atoms with Gasteiger partial charge in [0, 0.05) is 17.5 Å². The van der Waals surface area contributed by atoms with Crippen LogP contribution in [0.5, 0.6) is 5.75 Å². The molecule has 2 heterocycles. The number of hydrogen-bond acceptors (Lipinski definition) is 6. The molecule has 0 spiro atoms. The molecule has 4 aromatic rings. The first-order valence-electron chi connectivity index (χ1n) is 10.2. The number of ketones is 1. The number of carbonyl (C=O) groups is 2. The molecule has 0 unspecified atom stereocenters. The van der Waals surface area contributed by atoms with E-state index >= 15 is 0 Å². The van der Waals surface area contributed by atoms with Gasteiger partial charge in [-0.2, -0.15) is 0 Å². The highest BCUT2D eigenvalue weighted by molar-refractivity contribution is 7.16. The number of halogens is 2. The summed E-state index contributed by atoms with van der Waals surface area (Å²) in [6.45, 7) is 1.56. The molecule has 0 fully saturated rings. The molecule has 0 saturated heterocycles. The quantitative estimate of drug-likeness (QED) is 0.396. The van der Waals surface area contributed by atoms with Crippen LogP contribution in [0.15, 0.2) is 59.5 Å². The zero-order chi connectivity index (χ0) is 24.2. The van der Waals surface area contributed by atoms with Crippen LogP contribution < -0.4 is 15.6 Å². The lowest BCUT2D eigenvalue weighted by molar-refractivity contribution is -0.117. The first-order chi connectivity index (χ1) is 16.3. The lowest BCUT2D eigenvalue weighted by Gasteiger charge is -2.11. The highest BCUT2D eigenvalue weighted by Crippen LogP contribution is 2.20. The van der Waals surface area contributed by atoms with Gasteiger partial charge >= 0.3 is 5.56 Å². The lowest BCUT2D eigenvalue weighted by atomic mass is 10.1. The lowest BCUT2D eigenvalue weighted by Crippen LogP contribution is -2.33. The predicted molar refractivity (Wildman–Crippen MR) is 127 cm³/mol. The van der Waals surface area contributed by atoms with Gasteiger partial charge in [0.2, 0.25) is 5.75 Å². The van der Waals surface area contributed by atoms with Crippen molar-refractivity contribution in [2.45, 2.75) is 20.0 Å². The summed E-state index contributed by atoms with van der Waals surface area (Å²) in [5.74, 6) is -1.90. The molecule has 10 heteroatoms. The second kappa shape index (κ2) is 10.1. The smallest absolute Gasteiger partial charge is 0.301 e. The number of carbonyl (C=O) groups excluding carboxylic acids is 2. The van der Waals surface area contributed by atoms with Crippen molar-refractivity contribution in [1.29, 1.82) is 0 Å². The Kier molecular flexibility index (Phi) is 7.04. The van der Waals surface area contributed by atoms with Crippen molar-refractivity contribution in [2.75, 3.05) is 6.54 Å². The Morgan fingerprint density at radius 3 is 2.68 bits per heavy atom. The number of fused-ring (bicyclic) bond motifs is 1. The first kappa shape index (κ1) is 23.6. The van der Waals surface area contributed by atoms with Crippen molar-refractivity contribution in [3.05, 3.63) is 97.6 Å². The average molecular weight is 500 g/mol. The van der Waals surface area contributed by atoms with E-state index in [-0.39, 0.29) is 41.8 Å². The summed E-state index contributed by atoms with van der Waals surface area (Å²) in [6.07, 6.45) is 1.53. The van der Waals surface area contributed by atoms with Crippen LogP contribution in [-0.4, -0.2) is 27.6 Å². The molecule has 2 aromatic carbocycles. The van der Waals surface area contributed by atoms with E-state index < -0.39 is 17.3 Å². The third-order valence-corrected chi connectivity index (χ3v) is 6.08. The normalized spacial score (nSPS) is 10.9. The molecule has 0 radical (unpaired) electrons. The van der Waals surface area contributed by atoms with E-state index in [4.69, 9.17) is 16.3 Å². The van der Waals surface area contributed by atoms with Crippen LogP contribution in [0.2, 0.25) is 5.02 Å². The molecule has 2 aromatic heterocycles. The fraction of sp³-hybridized carbons (Fsp3) is 0.167. The maximum absolute atomic E-state index is 13.6. The molecule has 0 atom stereocenters. The van der Waals surface area contributed by atoms with Crippen molar-refractivity contribution >= 4 is 39.6 Å². The average Bonchev–Trinajstić information content (AvgIpc) is 3.20. The minimum absolute atomic E-state index is 0.0379. The molecule has 0 aliphatic rings. The highest BCUT2D eigenvalue weighted by Gasteiger charge is 2.22. The van der Waals surface area contributed by atoms with Crippen LogP contribution >= 0.6 is 22.9 Å². The van der Waals surface area contributed by atoms with Crippen molar-refractivity contribution in [3.63, 3.8) is 0 Å². The van der Waals surface area contributed by atoms with Crippen molar-refractivity contribution in [3.8, 4) is 5.75 Å². The third kappa shape index (κ3) is 5.32. The van der Waals surface area contributed by atoms with Crippen molar-refractivity contribution in [1.82, 2.24) is 14.7 Å². The largest absolute Gasteiger partial charge is 0.481 e. The number of hydrogen-bond donors (Lipinski definition) is 1. The Morgan fingerprint density at radius 1 is 1.18 bits per heavy atom. The number of benzene rings is 2. The molecule has 0 aliphatic heterocycles. The zero-order valence-electron chi connectivity index (χ0n) is 18.0. The molecule has 34 heavy (non-hydrogen) atoms. The minimum atomic E-state index is -0.718. The van der Waals surface area contributed by atoms with E-state index in [1.54, 1.807) is 6.20 Å². The maximum Gasteiger partial charge on any atom is 0.301 e. The topological polar surface area (TPSA) is 89.8 Å². The summed E-state index contributed by atoms with van der Waals surface area (Å²) in [5.41, 5.74) is 0.525. The number of rotatable bonds is 8. The fourth-order valence-electron chi connectivity index (χ4n) is 3.25. The number of thiazole rings is 1. The van der Waals surface area contributed by atoms with Gasteiger partial charge in [-0.1, -0.05) is 48.0 Å². The zero-order valence-corrected chi connectivity index (χ0v) is 19.6. The van der Waals surface area contributed by atoms with E-state index in [9.17, 15) is 18.8 Å². The summed E-state index contributed by atoms with van der Waals surface area (Å²) in [7, 11) is 0. The Labute approximate surface area is 202 Å². The van der Waals surface area contributed by atoms with Gasteiger partial charge in [-0.15, -0.1) is 11.3 Å². The van der Waals surface area contributed by atoms with E-state index in [1.165, 1.54) is 33.9 Å². The number of ether oxygens (including phenoxy) is 1. The molecule has 1 amide bonds. The molecule has 1 N–H and O–H groups in total. The van der Waals surface area contributed by atoms with Gasteiger partial charge in [0.1, 0.15) is 12.4 Å². The van der Waals surface area contributed by atoms with E-state index in [0.717, 1.165) is 10.4 Å². The van der Waals surface area contributed by atoms with Crippen LogP contribution in [0.25, 0.3) is 4.96 Å². The molecular formula is C24H19ClFN3O4S. The van der Waals surface area contributed by atoms with Crippen LogP contribution in [0, 0.1) is 12.7 Å². The third-order valence-electron chi connectivity index (χ3n) is 4.88. The van der Waals surface area contributed by atoms with E-state index in [0.29, 0.717) is 10.5 Å². The monoisotopic (exact) mass is 499 g/mol. The number of Topliss-reactive ketones (excluding diaryl/α,β-unsaturated/α-hetero) is 1. The van der Waals surface area contributed by atoms with Gasteiger partial charge in [0.15, 0.2) is 16.4 Å². The number of nitrogens with zero attached hydrogens (tertiary/aromatic N) is 2. The minimum Gasteiger partial charge on any atom is -0.481 e. The van der Waals surface area contributed by atoms with Crippen LogP contribution in [-0.2, 0) is 17.8 Å². The number of aromatic nitrogens is 2.